The third-order valence-corrected chi connectivity index (χ3v) is 6.74. The molecule has 2 heterocycles. The molecule has 0 atom stereocenters. The van der Waals surface area contributed by atoms with Crippen molar-refractivity contribution < 1.29 is 9.59 Å². The van der Waals surface area contributed by atoms with Crippen LogP contribution >= 0.6 is 0 Å². The molecule has 4 aromatic rings. The van der Waals surface area contributed by atoms with E-state index in [1.807, 2.05) is 42.5 Å². The summed E-state index contributed by atoms with van der Waals surface area (Å²) < 4.78 is 1.60. The number of aromatic nitrogens is 1. The molecule has 0 fully saturated rings. The van der Waals surface area contributed by atoms with E-state index in [2.05, 4.69) is 13.0 Å². The number of anilines is 1. The second-order valence-electron chi connectivity index (χ2n) is 9.08. The standard InChI is InChI=1S/C31H25N3O3/c1-3-4-12-22-18-20(2)28(34-29(35)25-15-7-8-16-26(25)30(34)36)31(37)33(22)27-17-10-9-14-24(27)23-13-6-5-11-21(23)19-32/h5-11,13-18H,3-4,12H2,1-2H3. The van der Waals surface area contributed by atoms with E-state index >= 15 is 0 Å². The number of nitriles is 1. The third-order valence-electron chi connectivity index (χ3n) is 6.74. The Labute approximate surface area is 215 Å². The smallest absolute Gasteiger partial charge is 0.279 e. The lowest BCUT2D eigenvalue weighted by Gasteiger charge is -2.23. The van der Waals surface area contributed by atoms with Gasteiger partial charge in [-0.2, -0.15) is 5.26 Å². The van der Waals surface area contributed by atoms with Gasteiger partial charge in [0.05, 0.1) is 28.4 Å². The van der Waals surface area contributed by atoms with Crippen LogP contribution in [0.2, 0.25) is 0 Å². The molecule has 0 saturated heterocycles. The van der Waals surface area contributed by atoms with E-state index < -0.39 is 17.4 Å². The van der Waals surface area contributed by atoms with E-state index in [-0.39, 0.29) is 16.8 Å². The van der Waals surface area contributed by atoms with Gasteiger partial charge < -0.3 is 0 Å². The Morgan fingerprint density at radius 2 is 1.35 bits per heavy atom. The first-order valence-corrected chi connectivity index (χ1v) is 12.3. The van der Waals surface area contributed by atoms with Gasteiger partial charge in [-0.1, -0.05) is 61.9 Å². The number of carbonyl (C=O) groups is 2. The average Bonchev–Trinajstić information content (AvgIpc) is 3.17. The molecule has 0 aliphatic carbocycles. The summed E-state index contributed by atoms with van der Waals surface area (Å²) in [6.07, 6.45) is 2.44. The summed E-state index contributed by atoms with van der Waals surface area (Å²) >= 11 is 0. The molecule has 6 heteroatoms. The Balaban J connectivity index is 1.78. The molecule has 1 aliphatic heterocycles. The van der Waals surface area contributed by atoms with Crippen molar-refractivity contribution in [2.24, 2.45) is 0 Å². The van der Waals surface area contributed by atoms with Crippen LogP contribution in [-0.4, -0.2) is 16.4 Å². The van der Waals surface area contributed by atoms with E-state index in [1.165, 1.54) is 0 Å². The molecule has 0 radical (unpaired) electrons. The molecule has 0 saturated carbocycles. The summed E-state index contributed by atoms with van der Waals surface area (Å²) in [7, 11) is 0. The highest BCUT2D eigenvalue weighted by molar-refractivity contribution is 6.34. The van der Waals surface area contributed by atoms with Gasteiger partial charge in [0.15, 0.2) is 0 Å². The Morgan fingerprint density at radius 1 is 0.784 bits per heavy atom. The van der Waals surface area contributed by atoms with Crippen molar-refractivity contribution in [1.82, 2.24) is 4.57 Å². The highest BCUT2D eigenvalue weighted by Crippen LogP contribution is 2.33. The summed E-state index contributed by atoms with van der Waals surface area (Å²) in [5.41, 5.74) is 4.05. The second-order valence-corrected chi connectivity index (χ2v) is 9.08. The summed E-state index contributed by atoms with van der Waals surface area (Å²) in [6, 6.07) is 25.4. The van der Waals surface area contributed by atoms with E-state index in [9.17, 15) is 19.6 Å². The van der Waals surface area contributed by atoms with Gasteiger partial charge in [0, 0.05) is 16.8 Å². The first kappa shape index (κ1) is 24.0. The number of hydrogen-bond acceptors (Lipinski definition) is 4. The molecule has 0 N–H and O–H groups in total. The fraction of sp³-hybridized carbons (Fsp3) is 0.161. The van der Waals surface area contributed by atoms with Crippen LogP contribution in [-0.2, 0) is 6.42 Å². The van der Waals surface area contributed by atoms with Gasteiger partial charge in [0.1, 0.15) is 5.69 Å². The number of aryl methyl sites for hydroxylation is 2. The maximum Gasteiger partial charge on any atom is 0.280 e. The second kappa shape index (κ2) is 9.71. The van der Waals surface area contributed by atoms with Crippen molar-refractivity contribution >= 4 is 17.5 Å². The zero-order chi connectivity index (χ0) is 26.1. The van der Waals surface area contributed by atoms with Crippen LogP contribution in [0, 0.1) is 18.3 Å². The zero-order valence-electron chi connectivity index (χ0n) is 20.7. The van der Waals surface area contributed by atoms with Gasteiger partial charge in [-0.3, -0.25) is 19.0 Å². The van der Waals surface area contributed by atoms with Crippen molar-refractivity contribution in [3.63, 3.8) is 0 Å². The molecule has 1 aliphatic rings. The van der Waals surface area contributed by atoms with Crippen molar-refractivity contribution in [3.05, 3.63) is 117 Å². The van der Waals surface area contributed by atoms with Gasteiger partial charge in [-0.25, -0.2) is 4.90 Å². The molecule has 0 bridgehead atoms. The first-order valence-electron chi connectivity index (χ1n) is 12.3. The fourth-order valence-electron chi connectivity index (χ4n) is 4.97. The van der Waals surface area contributed by atoms with Crippen molar-refractivity contribution in [2.45, 2.75) is 33.1 Å². The van der Waals surface area contributed by atoms with Crippen molar-refractivity contribution in [1.29, 1.82) is 5.26 Å². The molecular weight excluding hydrogens is 462 g/mol. The van der Waals surface area contributed by atoms with Gasteiger partial charge in [-0.15, -0.1) is 0 Å². The van der Waals surface area contributed by atoms with Crippen LogP contribution in [0.4, 0.5) is 5.69 Å². The molecule has 0 spiro atoms. The number of para-hydroxylation sites is 1. The predicted octanol–water partition coefficient (Wildman–Crippen LogP) is 5.83. The normalized spacial score (nSPS) is 12.5. The molecule has 5 rings (SSSR count). The summed E-state index contributed by atoms with van der Waals surface area (Å²) in [5.74, 6) is -1.01. The van der Waals surface area contributed by atoms with E-state index in [4.69, 9.17) is 0 Å². The number of hydrogen-bond donors (Lipinski definition) is 0. The van der Waals surface area contributed by atoms with Gasteiger partial charge in [0.25, 0.3) is 17.4 Å². The minimum atomic E-state index is -0.503. The van der Waals surface area contributed by atoms with E-state index in [1.54, 1.807) is 47.9 Å². The Hall–Kier alpha value is -4.76. The number of rotatable bonds is 6. The highest BCUT2D eigenvalue weighted by atomic mass is 16.2. The molecule has 0 unspecified atom stereocenters. The third kappa shape index (κ3) is 3.95. The van der Waals surface area contributed by atoms with Gasteiger partial charge in [-0.05, 0) is 55.7 Å². The Bertz CT molecular complexity index is 1620. The van der Waals surface area contributed by atoms with Gasteiger partial charge >= 0.3 is 0 Å². The number of nitrogens with zero attached hydrogens (tertiary/aromatic N) is 3. The number of amides is 2. The number of carbonyl (C=O) groups excluding carboxylic acids is 2. The average molecular weight is 488 g/mol. The fourth-order valence-corrected chi connectivity index (χ4v) is 4.97. The lowest BCUT2D eigenvalue weighted by atomic mass is 9.98. The van der Waals surface area contributed by atoms with Crippen LogP contribution < -0.4 is 10.5 Å². The van der Waals surface area contributed by atoms with Crippen LogP contribution in [0.1, 0.15) is 57.3 Å². The molecule has 6 nitrogen and oxygen atoms in total. The van der Waals surface area contributed by atoms with Crippen LogP contribution in [0.5, 0.6) is 0 Å². The SMILES string of the molecule is CCCCc1cc(C)c(N2C(=O)c3ccccc3C2=O)c(=O)n1-c1ccccc1-c1ccccc1C#N. The number of pyridine rings is 1. The maximum atomic E-state index is 14.3. The topological polar surface area (TPSA) is 83.2 Å². The van der Waals surface area contributed by atoms with Gasteiger partial charge in [0.2, 0.25) is 0 Å². The molecule has 37 heavy (non-hydrogen) atoms. The highest BCUT2D eigenvalue weighted by Gasteiger charge is 2.39. The molecule has 3 aromatic carbocycles. The van der Waals surface area contributed by atoms with Crippen molar-refractivity contribution in [2.75, 3.05) is 4.90 Å². The molecular formula is C31H25N3O3. The molecule has 182 valence electrons. The van der Waals surface area contributed by atoms with Crippen molar-refractivity contribution in [3.8, 4) is 22.9 Å². The number of imide groups is 1. The minimum Gasteiger partial charge on any atom is -0.279 e. The zero-order valence-corrected chi connectivity index (χ0v) is 20.7. The lowest BCUT2D eigenvalue weighted by Crippen LogP contribution is -2.38. The van der Waals surface area contributed by atoms with Crippen LogP contribution in [0.25, 0.3) is 16.8 Å². The Kier molecular flexibility index (Phi) is 6.29. The van der Waals surface area contributed by atoms with E-state index in [0.717, 1.165) is 29.0 Å². The number of fused-ring (bicyclic) bond motifs is 1. The molecule has 2 amide bonds. The first-order chi connectivity index (χ1) is 18.0. The quantitative estimate of drug-likeness (QED) is 0.321. The number of benzene rings is 3. The predicted molar refractivity (Wildman–Crippen MR) is 143 cm³/mol. The monoisotopic (exact) mass is 487 g/mol. The lowest BCUT2D eigenvalue weighted by molar-refractivity contribution is 0.0925. The van der Waals surface area contributed by atoms with Crippen LogP contribution in [0.3, 0.4) is 0 Å². The number of unbranched alkanes of at least 4 members (excludes halogenated alkanes) is 1. The summed E-state index contributed by atoms with van der Waals surface area (Å²) in [5, 5.41) is 9.73. The van der Waals surface area contributed by atoms with E-state index in [0.29, 0.717) is 28.8 Å². The maximum absolute atomic E-state index is 14.3. The Morgan fingerprint density at radius 3 is 1.97 bits per heavy atom. The largest absolute Gasteiger partial charge is 0.280 e. The minimum absolute atomic E-state index is 0.0508. The molecule has 1 aromatic heterocycles. The summed E-state index contributed by atoms with van der Waals surface area (Å²) in [6.45, 7) is 3.84. The van der Waals surface area contributed by atoms with Crippen LogP contribution in [0.15, 0.2) is 83.7 Å². The summed E-state index contributed by atoms with van der Waals surface area (Å²) in [4.78, 5) is 41.9.